The quantitative estimate of drug-likeness (QED) is 0.676. The van der Waals surface area contributed by atoms with E-state index in [0.29, 0.717) is 11.6 Å². The molecule has 3 aromatic rings. The van der Waals surface area contributed by atoms with Gasteiger partial charge in [0.1, 0.15) is 17.3 Å². The van der Waals surface area contributed by atoms with Crippen molar-refractivity contribution in [3.63, 3.8) is 0 Å². The van der Waals surface area contributed by atoms with E-state index in [0.717, 1.165) is 17.2 Å². The predicted octanol–water partition coefficient (Wildman–Crippen LogP) is 2.92. The van der Waals surface area contributed by atoms with Gasteiger partial charge in [-0.2, -0.15) is 5.10 Å². The third kappa shape index (κ3) is 2.86. The number of ether oxygens (including phenoxy) is 1. The molecule has 0 bridgehead atoms. The van der Waals surface area contributed by atoms with Gasteiger partial charge in [0.25, 0.3) is 0 Å². The summed E-state index contributed by atoms with van der Waals surface area (Å²) in [7, 11) is 0. The van der Waals surface area contributed by atoms with E-state index < -0.39 is 0 Å². The zero-order valence-corrected chi connectivity index (χ0v) is 10.6. The van der Waals surface area contributed by atoms with Crippen LogP contribution in [0.15, 0.2) is 54.9 Å². The van der Waals surface area contributed by atoms with E-state index in [1.54, 1.807) is 30.6 Å². The highest BCUT2D eigenvalue weighted by Gasteiger charge is 2.00. The first-order valence-electron chi connectivity index (χ1n) is 6.05. The molecule has 0 atom stereocenters. The Labute approximate surface area is 115 Å². The van der Waals surface area contributed by atoms with Crippen molar-refractivity contribution >= 4 is 17.3 Å². The molecule has 0 aliphatic carbocycles. The molecule has 2 aromatic heterocycles. The molecule has 20 heavy (non-hydrogen) atoms. The number of anilines is 3. The largest absolute Gasteiger partial charge is 0.457 e. The standard InChI is InChI=1S/C14H13N5O/c15-13-9-14(19-18-13)17-10-1-3-11(4-2-10)20-12-5-7-16-8-6-12/h1-9H,(H4,15,17,18,19). The minimum absolute atomic E-state index is 0.519. The molecule has 2 heterocycles. The Bertz CT molecular complexity index is 678. The van der Waals surface area contributed by atoms with Crippen LogP contribution in [0.1, 0.15) is 0 Å². The first-order valence-corrected chi connectivity index (χ1v) is 6.05. The predicted molar refractivity (Wildman–Crippen MR) is 77.0 cm³/mol. The Hall–Kier alpha value is -3.02. The van der Waals surface area contributed by atoms with Crippen LogP contribution in [0.2, 0.25) is 0 Å². The molecular weight excluding hydrogens is 254 g/mol. The highest BCUT2D eigenvalue weighted by atomic mass is 16.5. The Balaban J connectivity index is 1.68. The summed E-state index contributed by atoms with van der Waals surface area (Å²) in [5.74, 6) is 2.69. The minimum atomic E-state index is 0.519. The number of nitrogen functional groups attached to an aromatic ring is 1. The normalized spacial score (nSPS) is 10.2. The van der Waals surface area contributed by atoms with Gasteiger partial charge in [0.2, 0.25) is 0 Å². The molecule has 0 aliphatic heterocycles. The lowest BCUT2D eigenvalue weighted by molar-refractivity contribution is 0.482. The number of nitrogens with one attached hydrogen (secondary N) is 2. The number of aromatic amines is 1. The van der Waals surface area contributed by atoms with Crippen LogP contribution in [-0.2, 0) is 0 Å². The number of H-pyrrole nitrogens is 1. The zero-order valence-electron chi connectivity index (χ0n) is 10.6. The molecule has 100 valence electrons. The van der Waals surface area contributed by atoms with Crippen LogP contribution in [0.4, 0.5) is 17.3 Å². The van der Waals surface area contributed by atoms with E-state index >= 15 is 0 Å². The summed E-state index contributed by atoms with van der Waals surface area (Å²) < 4.78 is 5.68. The number of aromatic nitrogens is 3. The van der Waals surface area contributed by atoms with Crippen molar-refractivity contribution < 1.29 is 4.74 Å². The highest BCUT2D eigenvalue weighted by molar-refractivity contribution is 5.59. The zero-order chi connectivity index (χ0) is 13.8. The number of hydrogen-bond acceptors (Lipinski definition) is 5. The van der Waals surface area contributed by atoms with Crippen molar-refractivity contribution in [1.29, 1.82) is 0 Å². The van der Waals surface area contributed by atoms with Gasteiger partial charge in [-0.15, -0.1) is 0 Å². The van der Waals surface area contributed by atoms with Gasteiger partial charge in [0.15, 0.2) is 5.82 Å². The number of benzene rings is 1. The van der Waals surface area contributed by atoms with Crippen LogP contribution in [0.3, 0.4) is 0 Å². The van der Waals surface area contributed by atoms with Gasteiger partial charge in [0, 0.05) is 24.1 Å². The molecule has 0 fully saturated rings. The molecule has 6 heteroatoms. The molecule has 0 radical (unpaired) electrons. The van der Waals surface area contributed by atoms with Crippen molar-refractivity contribution in [2.45, 2.75) is 0 Å². The van der Waals surface area contributed by atoms with E-state index in [4.69, 9.17) is 10.5 Å². The highest BCUT2D eigenvalue weighted by Crippen LogP contribution is 2.23. The fraction of sp³-hybridized carbons (Fsp3) is 0. The van der Waals surface area contributed by atoms with Crippen LogP contribution in [-0.4, -0.2) is 15.2 Å². The molecule has 0 aliphatic rings. The third-order valence-electron chi connectivity index (χ3n) is 2.61. The fourth-order valence-corrected chi connectivity index (χ4v) is 1.70. The summed E-state index contributed by atoms with van der Waals surface area (Å²) >= 11 is 0. The van der Waals surface area contributed by atoms with Crippen LogP contribution < -0.4 is 15.8 Å². The molecule has 0 saturated heterocycles. The van der Waals surface area contributed by atoms with Crippen LogP contribution in [0.5, 0.6) is 11.5 Å². The minimum Gasteiger partial charge on any atom is -0.457 e. The summed E-state index contributed by atoms with van der Waals surface area (Å²) in [6, 6.07) is 12.9. The maximum atomic E-state index is 5.68. The SMILES string of the molecule is Nc1cc(Nc2ccc(Oc3ccncc3)cc2)n[nH]1. The summed E-state index contributed by atoms with van der Waals surface area (Å²) in [5, 5.41) is 9.80. The van der Waals surface area contributed by atoms with Gasteiger partial charge in [-0.05, 0) is 36.4 Å². The van der Waals surface area contributed by atoms with Crippen molar-refractivity contribution in [1.82, 2.24) is 15.2 Å². The first-order chi connectivity index (χ1) is 9.79. The van der Waals surface area contributed by atoms with Gasteiger partial charge in [-0.1, -0.05) is 0 Å². The molecule has 6 nitrogen and oxygen atoms in total. The van der Waals surface area contributed by atoms with Crippen LogP contribution in [0.25, 0.3) is 0 Å². The van der Waals surface area contributed by atoms with E-state index in [2.05, 4.69) is 20.5 Å². The number of pyridine rings is 1. The molecule has 0 unspecified atom stereocenters. The average Bonchev–Trinajstić information content (AvgIpc) is 2.88. The van der Waals surface area contributed by atoms with E-state index in [-0.39, 0.29) is 0 Å². The van der Waals surface area contributed by atoms with Gasteiger partial charge >= 0.3 is 0 Å². The Morgan fingerprint density at radius 1 is 1.00 bits per heavy atom. The van der Waals surface area contributed by atoms with Crippen molar-refractivity contribution in [3.8, 4) is 11.5 Å². The first kappa shape index (κ1) is 12.0. The lowest BCUT2D eigenvalue weighted by Gasteiger charge is -2.07. The monoisotopic (exact) mass is 267 g/mol. The van der Waals surface area contributed by atoms with E-state index in [1.165, 1.54) is 0 Å². The molecule has 1 aromatic carbocycles. The van der Waals surface area contributed by atoms with E-state index in [1.807, 2.05) is 24.3 Å². The Kier molecular flexibility index (Phi) is 3.20. The van der Waals surface area contributed by atoms with Crippen molar-refractivity contribution in [3.05, 3.63) is 54.9 Å². The van der Waals surface area contributed by atoms with Gasteiger partial charge in [0.05, 0.1) is 0 Å². The molecule has 0 spiro atoms. The Morgan fingerprint density at radius 2 is 1.70 bits per heavy atom. The average molecular weight is 267 g/mol. The molecule has 0 saturated carbocycles. The second-order valence-electron chi connectivity index (χ2n) is 4.14. The number of rotatable bonds is 4. The second-order valence-corrected chi connectivity index (χ2v) is 4.14. The van der Waals surface area contributed by atoms with Crippen LogP contribution >= 0.6 is 0 Å². The lowest BCUT2D eigenvalue weighted by Crippen LogP contribution is -1.90. The summed E-state index contributed by atoms with van der Waals surface area (Å²) in [6.07, 6.45) is 3.38. The van der Waals surface area contributed by atoms with Gasteiger partial charge in [-0.3, -0.25) is 10.1 Å². The molecule has 4 N–H and O–H groups in total. The maximum absolute atomic E-state index is 5.68. The topological polar surface area (TPSA) is 88.8 Å². The van der Waals surface area contributed by atoms with Crippen molar-refractivity contribution in [2.75, 3.05) is 11.1 Å². The van der Waals surface area contributed by atoms with Gasteiger partial charge in [-0.25, -0.2) is 0 Å². The third-order valence-corrected chi connectivity index (χ3v) is 2.61. The number of nitrogens with two attached hydrogens (primary N) is 1. The van der Waals surface area contributed by atoms with Crippen molar-refractivity contribution in [2.24, 2.45) is 0 Å². The summed E-state index contributed by atoms with van der Waals surface area (Å²) in [4.78, 5) is 3.94. The second kappa shape index (κ2) is 5.31. The summed E-state index contributed by atoms with van der Waals surface area (Å²) in [5.41, 5.74) is 6.46. The Morgan fingerprint density at radius 3 is 2.35 bits per heavy atom. The number of nitrogens with zero attached hydrogens (tertiary/aromatic N) is 2. The smallest absolute Gasteiger partial charge is 0.154 e. The lowest BCUT2D eigenvalue weighted by atomic mass is 10.3. The molecule has 0 amide bonds. The van der Waals surface area contributed by atoms with E-state index in [9.17, 15) is 0 Å². The summed E-state index contributed by atoms with van der Waals surface area (Å²) in [6.45, 7) is 0. The molecular formula is C14H13N5O. The maximum Gasteiger partial charge on any atom is 0.154 e. The fourth-order valence-electron chi connectivity index (χ4n) is 1.70. The van der Waals surface area contributed by atoms with Crippen LogP contribution in [0, 0.1) is 0 Å². The molecule has 3 rings (SSSR count). The number of hydrogen-bond donors (Lipinski definition) is 3. The van der Waals surface area contributed by atoms with Gasteiger partial charge < -0.3 is 15.8 Å².